The first kappa shape index (κ1) is 10.6. The number of hydrogen-bond donors (Lipinski definition) is 1. The van der Waals surface area contributed by atoms with E-state index in [1.54, 1.807) is 18.2 Å². The molecule has 2 aromatic carbocycles. The second kappa shape index (κ2) is 4.04. The second-order valence-corrected chi connectivity index (χ2v) is 4.00. The highest BCUT2D eigenvalue weighted by Gasteiger charge is 2.12. The molecule has 0 saturated carbocycles. The van der Waals surface area contributed by atoms with Crippen LogP contribution in [0.3, 0.4) is 0 Å². The quantitative estimate of drug-likeness (QED) is 0.694. The maximum absolute atomic E-state index is 10.6. The van der Waals surface area contributed by atoms with Crippen LogP contribution in [-0.2, 0) is 0 Å². The van der Waals surface area contributed by atoms with Crippen molar-refractivity contribution < 1.29 is 14.3 Å². The molecule has 3 heteroatoms. The fourth-order valence-electron chi connectivity index (χ4n) is 2.07. The van der Waals surface area contributed by atoms with Crippen molar-refractivity contribution >= 4 is 17.1 Å². The average Bonchev–Trinajstić information content (AvgIpc) is 2.87. The van der Waals surface area contributed by atoms with Crippen LogP contribution in [0.5, 0.6) is 5.75 Å². The van der Waals surface area contributed by atoms with E-state index >= 15 is 0 Å². The highest BCUT2D eigenvalue weighted by Crippen LogP contribution is 2.36. The maximum Gasteiger partial charge on any atom is 0.185 e. The number of aromatic hydroxyl groups is 1. The summed E-state index contributed by atoms with van der Waals surface area (Å²) in [5.74, 6) is 0.879. The fourth-order valence-corrected chi connectivity index (χ4v) is 2.07. The maximum atomic E-state index is 10.6. The summed E-state index contributed by atoms with van der Waals surface area (Å²) in [7, 11) is 0. The van der Waals surface area contributed by atoms with Gasteiger partial charge in [0.05, 0.1) is 5.56 Å². The summed E-state index contributed by atoms with van der Waals surface area (Å²) < 4.78 is 5.38. The molecule has 0 aliphatic heterocycles. The average molecular weight is 238 g/mol. The van der Waals surface area contributed by atoms with Gasteiger partial charge in [-0.3, -0.25) is 4.79 Å². The smallest absolute Gasteiger partial charge is 0.185 e. The van der Waals surface area contributed by atoms with Crippen LogP contribution in [0.15, 0.2) is 52.9 Å². The number of fused-ring (bicyclic) bond motifs is 1. The molecule has 18 heavy (non-hydrogen) atoms. The highest BCUT2D eigenvalue weighted by molar-refractivity contribution is 5.98. The molecule has 0 radical (unpaired) electrons. The van der Waals surface area contributed by atoms with Crippen molar-refractivity contribution in [3.63, 3.8) is 0 Å². The SMILES string of the molecule is O=Cc1ccc(-c2c(O)ccc3ccccc23)o1. The van der Waals surface area contributed by atoms with Gasteiger partial charge in [-0.1, -0.05) is 30.3 Å². The summed E-state index contributed by atoms with van der Waals surface area (Å²) in [5.41, 5.74) is 0.612. The molecule has 0 fully saturated rings. The van der Waals surface area contributed by atoms with E-state index in [-0.39, 0.29) is 11.5 Å². The summed E-state index contributed by atoms with van der Waals surface area (Å²) in [4.78, 5) is 10.6. The van der Waals surface area contributed by atoms with Gasteiger partial charge in [-0.25, -0.2) is 0 Å². The first-order valence-corrected chi connectivity index (χ1v) is 5.55. The van der Waals surface area contributed by atoms with Crippen LogP contribution < -0.4 is 0 Å². The molecule has 3 nitrogen and oxygen atoms in total. The van der Waals surface area contributed by atoms with E-state index in [2.05, 4.69) is 0 Å². The zero-order chi connectivity index (χ0) is 12.5. The lowest BCUT2D eigenvalue weighted by atomic mass is 10.0. The first-order chi connectivity index (χ1) is 8.79. The van der Waals surface area contributed by atoms with Crippen molar-refractivity contribution in [2.75, 3.05) is 0 Å². The van der Waals surface area contributed by atoms with Crippen LogP contribution in [0, 0.1) is 0 Å². The van der Waals surface area contributed by atoms with Crippen LogP contribution in [0.2, 0.25) is 0 Å². The Bertz CT molecular complexity index is 725. The topological polar surface area (TPSA) is 50.4 Å². The monoisotopic (exact) mass is 238 g/mol. The van der Waals surface area contributed by atoms with Gasteiger partial charge in [-0.05, 0) is 29.0 Å². The Hall–Kier alpha value is -2.55. The van der Waals surface area contributed by atoms with Gasteiger partial charge in [-0.15, -0.1) is 0 Å². The molecule has 3 rings (SSSR count). The molecule has 0 saturated heterocycles. The van der Waals surface area contributed by atoms with Gasteiger partial charge in [0, 0.05) is 0 Å². The van der Waals surface area contributed by atoms with Gasteiger partial charge >= 0.3 is 0 Å². The number of phenolic OH excluding ortho intramolecular Hbond substituents is 1. The molecule has 1 N–H and O–H groups in total. The molecule has 0 amide bonds. The summed E-state index contributed by atoms with van der Waals surface area (Å²) in [6.45, 7) is 0. The number of phenols is 1. The molecule has 1 heterocycles. The molecule has 0 spiro atoms. The van der Waals surface area contributed by atoms with E-state index in [0.717, 1.165) is 10.8 Å². The molecule has 3 aromatic rings. The summed E-state index contributed by atoms with van der Waals surface area (Å²) in [5, 5.41) is 11.9. The van der Waals surface area contributed by atoms with Gasteiger partial charge in [0.2, 0.25) is 0 Å². The molecule has 0 aliphatic carbocycles. The number of hydrogen-bond acceptors (Lipinski definition) is 3. The lowest BCUT2D eigenvalue weighted by Crippen LogP contribution is -1.80. The van der Waals surface area contributed by atoms with Crippen molar-refractivity contribution in [3.8, 4) is 17.1 Å². The Morgan fingerprint density at radius 2 is 1.83 bits per heavy atom. The third kappa shape index (κ3) is 1.57. The Morgan fingerprint density at radius 3 is 2.61 bits per heavy atom. The van der Waals surface area contributed by atoms with Crippen molar-refractivity contribution in [1.82, 2.24) is 0 Å². The minimum atomic E-state index is 0.139. The standard InChI is InChI=1S/C15H10O3/c16-9-11-6-8-14(18-11)15-12-4-2-1-3-10(12)5-7-13(15)17/h1-9,17H. The number of carbonyl (C=O) groups is 1. The second-order valence-electron chi connectivity index (χ2n) is 4.00. The van der Waals surface area contributed by atoms with Crippen LogP contribution in [0.4, 0.5) is 0 Å². The predicted octanol–water partition coefficient (Wildman–Crippen LogP) is 3.62. The van der Waals surface area contributed by atoms with Gasteiger partial charge in [0.25, 0.3) is 0 Å². The molecular weight excluding hydrogens is 228 g/mol. The van der Waals surface area contributed by atoms with Crippen LogP contribution in [-0.4, -0.2) is 11.4 Å². The molecule has 0 aliphatic rings. The minimum absolute atomic E-state index is 0.139. The van der Waals surface area contributed by atoms with Gasteiger partial charge in [-0.2, -0.15) is 0 Å². The van der Waals surface area contributed by atoms with Gasteiger partial charge < -0.3 is 9.52 Å². The van der Waals surface area contributed by atoms with E-state index in [1.165, 1.54) is 0 Å². The van der Waals surface area contributed by atoms with Crippen molar-refractivity contribution in [2.24, 2.45) is 0 Å². The van der Waals surface area contributed by atoms with E-state index in [4.69, 9.17) is 4.42 Å². The third-order valence-corrected chi connectivity index (χ3v) is 2.90. The van der Waals surface area contributed by atoms with Gasteiger partial charge in [0.1, 0.15) is 11.5 Å². The number of furan rings is 1. The number of aldehydes is 1. The van der Waals surface area contributed by atoms with Crippen molar-refractivity contribution in [3.05, 3.63) is 54.3 Å². The van der Waals surface area contributed by atoms with E-state index in [1.807, 2.05) is 30.3 Å². The van der Waals surface area contributed by atoms with E-state index in [9.17, 15) is 9.90 Å². The number of carbonyl (C=O) groups excluding carboxylic acids is 1. The number of rotatable bonds is 2. The predicted molar refractivity (Wildman–Crippen MR) is 68.7 cm³/mol. The highest BCUT2D eigenvalue weighted by atomic mass is 16.3. The van der Waals surface area contributed by atoms with Crippen LogP contribution in [0.25, 0.3) is 22.1 Å². The van der Waals surface area contributed by atoms with Gasteiger partial charge in [0.15, 0.2) is 12.0 Å². The summed E-state index contributed by atoms with van der Waals surface area (Å²) in [6, 6.07) is 14.4. The van der Waals surface area contributed by atoms with Crippen LogP contribution in [0.1, 0.15) is 10.6 Å². The van der Waals surface area contributed by atoms with Crippen molar-refractivity contribution in [1.29, 1.82) is 0 Å². The van der Waals surface area contributed by atoms with Crippen LogP contribution >= 0.6 is 0 Å². The first-order valence-electron chi connectivity index (χ1n) is 5.55. The van der Waals surface area contributed by atoms with E-state index in [0.29, 0.717) is 17.6 Å². The molecule has 0 unspecified atom stereocenters. The Balaban J connectivity index is 2.33. The normalized spacial score (nSPS) is 10.7. The number of benzene rings is 2. The summed E-state index contributed by atoms with van der Waals surface area (Å²) >= 11 is 0. The lowest BCUT2D eigenvalue weighted by Gasteiger charge is -2.06. The Morgan fingerprint density at radius 1 is 1.00 bits per heavy atom. The molecular formula is C15H10O3. The zero-order valence-corrected chi connectivity index (χ0v) is 9.46. The molecule has 0 bridgehead atoms. The third-order valence-electron chi connectivity index (χ3n) is 2.90. The summed E-state index contributed by atoms with van der Waals surface area (Å²) in [6.07, 6.45) is 0.645. The minimum Gasteiger partial charge on any atom is -0.507 e. The zero-order valence-electron chi connectivity index (χ0n) is 9.46. The molecule has 88 valence electrons. The van der Waals surface area contributed by atoms with Crippen molar-refractivity contribution in [2.45, 2.75) is 0 Å². The largest absolute Gasteiger partial charge is 0.507 e. The molecule has 0 atom stereocenters. The lowest BCUT2D eigenvalue weighted by molar-refractivity contribution is 0.110. The Kier molecular flexibility index (Phi) is 2.38. The Labute approximate surface area is 103 Å². The fraction of sp³-hybridized carbons (Fsp3) is 0. The van der Waals surface area contributed by atoms with E-state index < -0.39 is 0 Å². The molecule has 1 aromatic heterocycles.